The third kappa shape index (κ3) is 4.33. The maximum absolute atomic E-state index is 13.2. The number of pyridine rings is 2. The van der Waals surface area contributed by atoms with E-state index in [9.17, 15) is 13.2 Å². The van der Waals surface area contributed by atoms with Crippen LogP contribution in [0.1, 0.15) is 24.2 Å². The van der Waals surface area contributed by atoms with E-state index in [-0.39, 0.29) is 10.8 Å². The molecule has 0 saturated carbocycles. The van der Waals surface area contributed by atoms with Crippen molar-refractivity contribution in [3.8, 4) is 0 Å². The van der Waals surface area contributed by atoms with Crippen molar-refractivity contribution in [2.24, 2.45) is 0 Å². The summed E-state index contributed by atoms with van der Waals surface area (Å²) in [6, 6.07) is 16.4. The van der Waals surface area contributed by atoms with Crippen LogP contribution in [-0.4, -0.2) is 41.7 Å². The lowest BCUT2D eigenvalue weighted by molar-refractivity contribution is 0.0998. The number of sulfonamides is 1. The lowest BCUT2D eigenvalue weighted by Crippen LogP contribution is -2.31. The predicted molar refractivity (Wildman–Crippen MR) is 111 cm³/mol. The molecule has 0 spiro atoms. The number of benzene rings is 1. The van der Waals surface area contributed by atoms with Crippen LogP contribution in [0, 0.1) is 0 Å². The molecule has 0 fully saturated rings. The Morgan fingerprint density at radius 1 is 0.828 bits per heavy atom. The van der Waals surface area contributed by atoms with Gasteiger partial charge in [-0.15, -0.1) is 0 Å². The molecule has 8 heteroatoms. The second-order valence-corrected chi connectivity index (χ2v) is 8.07. The van der Waals surface area contributed by atoms with E-state index in [0.717, 1.165) is 0 Å². The third-order valence-electron chi connectivity index (χ3n) is 4.40. The molecule has 29 heavy (non-hydrogen) atoms. The second kappa shape index (κ2) is 8.93. The Kier molecular flexibility index (Phi) is 6.36. The molecule has 0 aliphatic carbocycles. The van der Waals surface area contributed by atoms with E-state index in [0.29, 0.717) is 30.3 Å². The zero-order chi connectivity index (χ0) is 20.9. The van der Waals surface area contributed by atoms with Gasteiger partial charge in [0, 0.05) is 31.0 Å². The minimum absolute atomic E-state index is 0.153. The van der Waals surface area contributed by atoms with Gasteiger partial charge in [-0.2, -0.15) is 4.31 Å². The number of aromatic nitrogens is 2. The first kappa shape index (κ1) is 20.6. The molecule has 0 aliphatic heterocycles. The van der Waals surface area contributed by atoms with Gasteiger partial charge in [-0.3, -0.25) is 4.79 Å². The van der Waals surface area contributed by atoms with Crippen LogP contribution in [0.2, 0.25) is 0 Å². The van der Waals surface area contributed by atoms with Gasteiger partial charge >= 0.3 is 0 Å². The number of hydrogen-bond donors (Lipinski definition) is 0. The number of carbonyl (C=O) groups is 1. The predicted octanol–water partition coefficient (Wildman–Crippen LogP) is 3.49. The average Bonchev–Trinajstić information content (AvgIpc) is 2.76. The summed E-state index contributed by atoms with van der Waals surface area (Å²) in [6.45, 7) is 4.34. The fourth-order valence-electron chi connectivity index (χ4n) is 2.91. The summed E-state index contributed by atoms with van der Waals surface area (Å²) in [5.74, 6) is 0.501. The van der Waals surface area contributed by atoms with Crippen LogP contribution in [0.15, 0.2) is 78.0 Å². The number of hydrogen-bond acceptors (Lipinski definition) is 5. The number of rotatable bonds is 7. The zero-order valence-corrected chi connectivity index (χ0v) is 17.1. The molecule has 3 aromatic rings. The quantitative estimate of drug-likeness (QED) is 0.595. The van der Waals surface area contributed by atoms with E-state index in [1.54, 1.807) is 62.6 Å². The number of nitrogens with zero attached hydrogens (tertiary/aromatic N) is 4. The van der Waals surface area contributed by atoms with Gasteiger partial charge in [-0.05, 0) is 48.5 Å². The number of anilines is 2. The molecule has 0 N–H and O–H groups in total. The first-order valence-corrected chi connectivity index (χ1v) is 10.7. The molecule has 3 rings (SSSR count). The fourth-order valence-corrected chi connectivity index (χ4v) is 4.37. The first-order valence-electron chi connectivity index (χ1n) is 9.25. The lowest BCUT2D eigenvalue weighted by Gasteiger charge is -2.21. The van der Waals surface area contributed by atoms with Gasteiger partial charge in [0.15, 0.2) is 0 Å². The molecule has 150 valence electrons. The Balaban J connectivity index is 1.97. The second-order valence-electron chi connectivity index (χ2n) is 6.13. The topological polar surface area (TPSA) is 83.5 Å². The van der Waals surface area contributed by atoms with Crippen LogP contribution in [0.3, 0.4) is 0 Å². The molecule has 0 unspecified atom stereocenters. The third-order valence-corrected chi connectivity index (χ3v) is 6.47. The summed E-state index contributed by atoms with van der Waals surface area (Å²) in [7, 11) is -3.58. The van der Waals surface area contributed by atoms with E-state index in [1.165, 1.54) is 33.5 Å². The summed E-state index contributed by atoms with van der Waals surface area (Å²) in [6.07, 6.45) is 3.19. The maximum atomic E-state index is 13.2. The van der Waals surface area contributed by atoms with Crippen molar-refractivity contribution in [3.05, 3.63) is 78.6 Å². The lowest BCUT2D eigenvalue weighted by atomic mass is 10.2. The van der Waals surface area contributed by atoms with Crippen LogP contribution in [-0.2, 0) is 10.0 Å². The zero-order valence-electron chi connectivity index (χ0n) is 16.3. The van der Waals surface area contributed by atoms with E-state index >= 15 is 0 Å². The Bertz CT molecular complexity index is 1010. The van der Waals surface area contributed by atoms with Crippen molar-refractivity contribution in [2.75, 3.05) is 18.0 Å². The van der Waals surface area contributed by atoms with Crippen LogP contribution < -0.4 is 4.90 Å². The standard InChI is InChI=1S/C21H22N4O3S/c1-3-24(4-2)29(27,28)18-13-11-17(12-14-18)21(26)25(19-9-5-7-15-22-19)20-10-6-8-16-23-20/h5-16H,3-4H2,1-2H3. The van der Waals surface area contributed by atoms with Crippen LogP contribution in [0.4, 0.5) is 11.6 Å². The van der Waals surface area contributed by atoms with Crippen LogP contribution in [0.5, 0.6) is 0 Å². The molecule has 0 radical (unpaired) electrons. The minimum atomic E-state index is -3.58. The fraction of sp³-hybridized carbons (Fsp3) is 0.190. The molecule has 2 heterocycles. The molecule has 0 bridgehead atoms. The Morgan fingerprint density at radius 3 is 1.76 bits per heavy atom. The SMILES string of the molecule is CCN(CC)S(=O)(=O)c1ccc(C(=O)N(c2ccccn2)c2ccccn2)cc1. The summed E-state index contributed by atoms with van der Waals surface area (Å²) in [5, 5.41) is 0. The Morgan fingerprint density at radius 2 is 1.34 bits per heavy atom. The molecule has 0 atom stereocenters. The highest BCUT2D eigenvalue weighted by Gasteiger charge is 2.24. The van der Waals surface area contributed by atoms with Gasteiger partial charge in [0.25, 0.3) is 5.91 Å². The van der Waals surface area contributed by atoms with E-state index < -0.39 is 10.0 Å². The molecular weight excluding hydrogens is 388 g/mol. The van der Waals surface area contributed by atoms with Crippen molar-refractivity contribution in [1.29, 1.82) is 0 Å². The molecule has 2 aromatic heterocycles. The largest absolute Gasteiger partial charge is 0.268 e. The Hall–Kier alpha value is -3.10. The van der Waals surface area contributed by atoms with Crippen molar-refractivity contribution in [3.63, 3.8) is 0 Å². The van der Waals surface area contributed by atoms with Gasteiger partial charge in [0.05, 0.1) is 4.90 Å². The smallest absolute Gasteiger partial charge is 0.265 e. The van der Waals surface area contributed by atoms with Gasteiger partial charge in [-0.1, -0.05) is 26.0 Å². The van der Waals surface area contributed by atoms with Gasteiger partial charge in [-0.25, -0.2) is 23.3 Å². The number of amides is 1. The van der Waals surface area contributed by atoms with Crippen molar-refractivity contribution >= 4 is 27.6 Å². The highest BCUT2D eigenvalue weighted by atomic mass is 32.2. The minimum Gasteiger partial charge on any atom is -0.268 e. The monoisotopic (exact) mass is 410 g/mol. The molecule has 1 aromatic carbocycles. The molecular formula is C21H22N4O3S. The molecule has 1 amide bonds. The van der Waals surface area contributed by atoms with Gasteiger partial charge < -0.3 is 0 Å². The summed E-state index contributed by atoms with van der Waals surface area (Å²) in [4.78, 5) is 23.3. The molecule has 0 aliphatic rings. The van der Waals surface area contributed by atoms with E-state index in [1.807, 2.05) is 0 Å². The summed E-state index contributed by atoms with van der Waals surface area (Å²) in [5.41, 5.74) is 0.333. The van der Waals surface area contributed by atoms with Crippen molar-refractivity contribution in [1.82, 2.24) is 14.3 Å². The van der Waals surface area contributed by atoms with Crippen LogP contribution in [0.25, 0.3) is 0 Å². The van der Waals surface area contributed by atoms with Gasteiger partial charge in [0.1, 0.15) is 11.6 Å². The highest BCUT2D eigenvalue weighted by molar-refractivity contribution is 7.89. The first-order chi connectivity index (χ1) is 14.0. The molecule has 7 nitrogen and oxygen atoms in total. The summed E-state index contributed by atoms with van der Waals surface area (Å²) >= 11 is 0. The summed E-state index contributed by atoms with van der Waals surface area (Å²) < 4.78 is 26.7. The van der Waals surface area contributed by atoms with Gasteiger partial charge in [0.2, 0.25) is 10.0 Å². The van der Waals surface area contributed by atoms with E-state index in [4.69, 9.17) is 0 Å². The van der Waals surface area contributed by atoms with Crippen molar-refractivity contribution in [2.45, 2.75) is 18.7 Å². The van der Waals surface area contributed by atoms with Crippen molar-refractivity contribution < 1.29 is 13.2 Å². The molecule has 0 saturated heterocycles. The van der Waals surface area contributed by atoms with E-state index in [2.05, 4.69) is 9.97 Å². The number of carbonyl (C=O) groups excluding carboxylic acids is 1. The normalized spacial score (nSPS) is 11.4. The highest BCUT2D eigenvalue weighted by Crippen LogP contribution is 2.24. The average molecular weight is 410 g/mol. The van der Waals surface area contributed by atoms with Crippen LogP contribution >= 0.6 is 0 Å². The maximum Gasteiger partial charge on any atom is 0.265 e. The Labute approximate surface area is 170 Å².